The second-order valence-corrected chi connectivity index (χ2v) is 6.52. The summed E-state index contributed by atoms with van der Waals surface area (Å²) in [5, 5.41) is 3.00. The van der Waals surface area contributed by atoms with Crippen LogP contribution in [0.2, 0.25) is 0 Å². The fraction of sp³-hybridized carbons (Fsp3) is 0.130. The van der Waals surface area contributed by atoms with E-state index in [1.165, 1.54) is 5.56 Å². The summed E-state index contributed by atoms with van der Waals surface area (Å²) in [6, 6.07) is 27.8. The monoisotopic (exact) mass is 355 g/mol. The van der Waals surface area contributed by atoms with Gasteiger partial charge in [-0.05, 0) is 36.8 Å². The zero-order chi connectivity index (χ0) is 18.6. The average molecular weight is 355 g/mol. The van der Waals surface area contributed by atoms with Gasteiger partial charge in [-0.1, -0.05) is 60.7 Å². The number of rotatable bonds is 5. The highest BCUT2D eigenvalue weighted by Gasteiger charge is 2.17. The maximum absolute atomic E-state index is 12.4. The van der Waals surface area contributed by atoms with E-state index in [4.69, 9.17) is 4.98 Å². The number of fused-ring (bicyclic) bond motifs is 1. The number of hydrogen-bond acceptors (Lipinski definition) is 2. The van der Waals surface area contributed by atoms with Crippen molar-refractivity contribution in [3.05, 3.63) is 102 Å². The molecule has 0 fully saturated rings. The highest BCUT2D eigenvalue weighted by molar-refractivity contribution is 5.94. The smallest absolute Gasteiger partial charge is 0.251 e. The molecule has 0 aliphatic carbocycles. The zero-order valence-corrected chi connectivity index (χ0v) is 15.2. The summed E-state index contributed by atoms with van der Waals surface area (Å²) in [5.41, 5.74) is 3.86. The lowest BCUT2D eigenvalue weighted by Crippen LogP contribution is -2.25. The van der Waals surface area contributed by atoms with Crippen LogP contribution in [0, 0.1) is 0 Å². The number of carbonyl (C=O) groups excluding carboxylic acids is 1. The van der Waals surface area contributed by atoms with Crippen molar-refractivity contribution in [3.8, 4) is 0 Å². The molecule has 4 aromatic rings. The van der Waals surface area contributed by atoms with Crippen molar-refractivity contribution in [3.63, 3.8) is 0 Å². The maximum Gasteiger partial charge on any atom is 0.251 e. The molecule has 1 atom stereocenters. The predicted octanol–water partition coefficient (Wildman–Crippen LogP) is 4.58. The Labute approximate surface area is 158 Å². The van der Waals surface area contributed by atoms with Crippen molar-refractivity contribution in [1.82, 2.24) is 14.9 Å². The first-order valence-electron chi connectivity index (χ1n) is 9.08. The van der Waals surface area contributed by atoms with Crippen molar-refractivity contribution >= 4 is 16.9 Å². The van der Waals surface area contributed by atoms with E-state index < -0.39 is 0 Å². The van der Waals surface area contributed by atoms with Gasteiger partial charge in [-0.3, -0.25) is 4.79 Å². The first kappa shape index (κ1) is 17.0. The lowest BCUT2D eigenvalue weighted by molar-refractivity contribution is 0.0949. The summed E-state index contributed by atoms with van der Waals surface area (Å²) in [7, 11) is 0. The number of nitrogens with one attached hydrogen (secondary N) is 1. The zero-order valence-electron chi connectivity index (χ0n) is 15.2. The van der Waals surface area contributed by atoms with Crippen LogP contribution in [0.25, 0.3) is 11.0 Å². The van der Waals surface area contributed by atoms with Gasteiger partial charge in [-0.15, -0.1) is 0 Å². The van der Waals surface area contributed by atoms with Gasteiger partial charge in [0.25, 0.3) is 5.91 Å². The standard InChI is InChI=1S/C23H21N3O/c1-17(18-10-4-2-5-11-18)26-21-15-9-8-14-20(21)25-22(26)16-24-23(27)19-12-6-3-7-13-19/h2-15,17H,16H2,1H3,(H,24,27)/t17-/m1/s1. The highest BCUT2D eigenvalue weighted by atomic mass is 16.1. The molecule has 1 heterocycles. The van der Waals surface area contributed by atoms with Crippen LogP contribution in [-0.4, -0.2) is 15.5 Å². The Bertz CT molecular complexity index is 1050. The van der Waals surface area contributed by atoms with Gasteiger partial charge in [0.1, 0.15) is 5.82 Å². The quantitative estimate of drug-likeness (QED) is 0.570. The molecule has 134 valence electrons. The molecule has 1 N–H and O–H groups in total. The number of benzene rings is 3. The number of amides is 1. The molecule has 0 aliphatic rings. The van der Waals surface area contributed by atoms with E-state index in [0.29, 0.717) is 12.1 Å². The molecule has 0 aliphatic heterocycles. The van der Waals surface area contributed by atoms with Gasteiger partial charge in [-0.2, -0.15) is 0 Å². The van der Waals surface area contributed by atoms with Crippen molar-refractivity contribution in [2.45, 2.75) is 19.5 Å². The Morgan fingerprint density at radius 1 is 0.926 bits per heavy atom. The number of hydrogen-bond donors (Lipinski definition) is 1. The van der Waals surface area contributed by atoms with Crippen LogP contribution in [0.1, 0.15) is 34.7 Å². The van der Waals surface area contributed by atoms with Crippen LogP contribution in [-0.2, 0) is 6.54 Å². The third-order valence-electron chi connectivity index (χ3n) is 4.78. The van der Waals surface area contributed by atoms with Crippen molar-refractivity contribution in [2.24, 2.45) is 0 Å². The minimum Gasteiger partial charge on any atom is -0.345 e. The molecule has 4 heteroatoms. The molecule has 27 heavy (non-hydrogen) atoms. The van der Waals surface area contributed by atoms with Gasteiger partial charge in [0.15, 0.2) is 0 Å². The summed E-state index contributed by atoms with van der Waals surface area (Å²) in [5.74, 6) is 0.749. The van der Waals surface area contributed by atoms with E-state index in [9.17, 15) is 4.79 Å². The third kappa shape index (κ3) is 3.47. The van der Waals surface area contributed by atoms with E-state index in [-0.39, 0.29) is 11.9 Å². The van der Waals surface area contributed by atoms with Gasteiger partial charge < -0.3 is 9.88 Å². The molecule has 4 rings (SSSR count). The van der Waals surface area contributed by atoms with Crippen LogP contribution in [0.4, 0.5) is 0 Å². The first-order valence-corrected chi connectivity index (χ1v) is 9.08. The molecule has 0 saturated carbocycles. The lowest BCUT2D eigenvalue weighted by Gasteiger charge is -2.18. The topological polar surface area (TPSA) is 46.9 Å². The summed E-state index contributed by atoms with van der Waals surface area (Å²) >= 11 is 0. The summed E-state index contributed by atoms with van der Waals surface area (Å²) in [4.78, 5) is 17.2. The van der Waals surface area contributed by atoms with Crippen LogP contribution >= 0.6 is 0 Å². The Morgan fingerprint density at radius 3 is 2.30 bits per heavy atom. The average Bonchev–Trinajstić information content (AvgIpc) is 3.11. The molecule has 0 bridgehead atoms. The van der Waals surface area contributed by atoms with Gasteiger partial charge in [-0.25, -0.2) is 4.98 Å². The molecule has 0 radical (unpaired) electrons. The molecular formula is C23H21N3O. The predicted molar refractivity (Wildman–Crippen MR) is 108 cm³/mol. The molecule has 0 unspecified atom stereocenters. The Morgan fingerprint density at radius 2 is 1.56 bits per heavy atom. The largest absolute Gasteiger partial charge is 0.345 e. The second-order valence-electron chi connectivity index (χ2n) is 6.52. The van der Waals surface area contributed by atoms with Crippen molar-refractivity contribution < 1.29 is 4.79 Å². The lowest BCUT2D eigenvalue weighted by atomic mass is 10.1. The normalized spacial score (nSPS) is 12.0. The SMILES string of the molecule is C[C@H](c1ccccc1)n1c(CNC(=O)c2ccccc2)nc2ccccc21. The van der Waals surface area contributed by atoms with Gasteiger partial charge >= 0.3 is 0 Å². The fourth-order valence-electron chi connectivity index (χ4n) is 3.38. The van der Waals surface area contributed by atoms with Crippen LogP contribution in [0.3, 0.4) is 0 Å². The van der Waals surface area contributed by atoms with E-state index in [1.54, 1.807) is 0 Å². The molecule has 1 amide bonds. The second kappa shape index (κ2) is 7.46. The van der Waals surface area contributed by atoms with Crippen LogP contribution in [0.5, 0.6) is 0 Å². The van der Waals surface area contributed by atoms with E-state index >= 15 is 0 Å². The highest BCUT2D eigenvalue weighted by Crippen LogP contribution is 2.26. The number of aromatic nitrogens is 2. The van der Waals surface area contributed by atoms with E-state index in [1.807, 2.05) is 66.7 Å². The fourth-order valence-corrected chi connectivity index (χ4v) is 3.38. The molecule has 3 aromatic carbocycles. The van der Waals surface area contributed by atoms with Gasteiger partial charge in [0.2, 0.25) is 0 Å². The third-order valence-corrected chi connectivity index (χ3v) is 4.78. The molecule has 0 saturated heterocycles. The summed E-state index contributed by atoms with van der Waals surface area (Å²) < 4.78 is 2.20. The Kier molecular flexibility index (Phi) is 4.71. The van der Waals surface area contributed by atoms with E-state index in [2.05, 4.69) is 35.0 Å². The Hall–Kier alpha value is -3.40. The summed E-state index contributed by atoms with van der Waals surface area (Å²) in [6.07, 6.45) is 0. The number of imidazole rings is 1. The summed E-state index contributed by atoms with van der Waals surface area (Å²) in [6.45, 7) is 2.53. The molecule has 4 nitrogen and oxygen atoms in total. The maximum atomic E-state index is 12.4. The van der Waals surface area contributed by atoms with Crippen LogP contribution < -0.4 is 5.32 Å². The van der Waals surface area contributed by atoms with Crippen molar-refractivity contribution in [2.75, 3.05) is 0 Å². The Balaban J connectivity index is 1.67. The van der Waals surface area contributed by atoms with E-state index in [0.717, 1.165) is 16.9 Å². The molecule has 0 spiro atoms. The van der Waals surface area contributed by atoms with Gasteiger partial charge in [0, 0.05) is 5.56 Å². The number of para-hydroxylation sites is 2. The number of carbonyl (C=O) groups is 1. The van der Waals surface area contributed by atoms with Crippen LogP contribution in [0.15, 0.2) is 84.9 Å². The van der Waals surface area contributed by atoms with Crippen molar-refractivity contribution in [1.29, 1.82) is 0 Å². The van der Waals surface area contributed by atoms with Gasteiger partial charge in [0.05, 0.1) is 23.6 Å². The molecule has 1 aromatic heterocycles. The first-order chi connectivity index (χ1) is 13.2. The minimum absolute atomic E-state index is 0.0958. The molecular weight excluding hydrogens is 334 g/mol. The number of nitrogens with zero attached hydrogens (tertiary/aromatic N) is 2. The minimum atomic E-state index is -0.0958.